The normalized spacial score (nSPS) is 25.3. The van der Waals surface area contributed by atoms with Crippen LogP contribution in [0.3, 0.4) is 0 Å². The average molecular weight is 452 g/mol. The monoisotopic (exact) mass is 451 g/mol. The molecule has 0 saturated carbocycles. The molecule has 0 amide bonds. The molecule has 0 aromatic heterocycles. The zero-order valence-electron chi connectivity index (χ0n) is 19.6. The highest BCUT2D eigenvalue weighted by molar-refractivity contribution is 5.26. The first-order chi connectivity index (χ1) is 15.7. The van der Waals surface area contributed by atoms with Crippen molar-refractivity contribution in [3.63, 3.8) is 0 Å². The highest BCUT2D eigenvalue weighted by Crippen LogP contribution is 2.30. The highest BCUT2D eigenvalue weighted by Gasteiger charge is 2.47. The van der Waals surface area contributed by atoms with Crippen LogP contribution in [0, 0.1) is 0 Å². The zero-order valence-corrected chi connectivity index (χ0v) is 19.6. The standard InChI is InChI=1S/C23H37N3O6/c1-5-7-13-29-16-19-21(31-15-17-9-11-18(27-3)12-10-17)22(30-14-8-6-2)20(25-26-24)23(28-4)32-19/h9-12,19-23H,5-8,13-16H2,1-4H3/t19?,20?,21-,22?,23+/m1/s1. The van der Waals surface area contributed by atoms with Gasteiger partial charge in [0, 0.05) is 25.2 Å². The van der Waals surface area contributed by atoms with Gasteiger partial charge >= 0.3 is 0 Å². The van der Waals surface area contributed by atoms with E-state index >= 15 is 0 Å². The molecule has 1 aliphatic rings. The van der Waals surface area contributed by atoms with Crippen LogP contribution in [0.4, 0.5) is 0 Å². The molecule has 9 nitrogen and oxygen atoms in total. The predicted octanol–water partition coefficient (Wildman–Crippen LogP) is 4.63. The zero-order chi connectivity index (χ0) is 23.2. The summed E-state index contributed by atoms with van der Waals surface area (Å²) in [5, 5.41) is 3.94. The van der Waals surface area contributed by atoms with Gasteiger partial charge in [-0.3, -0.25) is 0 Å². The van der Waals surface area contributed by atoms with Gasteiger partial charge in [0.05, 0.1) is 26.4 Å². The maximum absolute atomic E-state index is 9.15. The molecule has 32 heavy (non-hydrogen) atoms. The van der Waals surface area contributed by atoms with Gasteiger partial charge < -0.3 is 28.4 Å². The topological polar surface area (TPSA) is 104 Å². The fourth-order valence-corrected chi connectivity index (χ4v) is 3.52. The molecule has 0 aliphatic carbocycles. The third-order valence-corrected chi connectivity index (χ3v) is 5.37. The third-order valence-electron chi connectivity index (χ3n) is 5.37. The molecule has 0 bridgehead atoms. The van der Waals surface area contributed by atoms with E-state index in [0.29, 0.717) is 26.4 Å². The molecular weight excluding hydrogens is 414 g/mol. The Bertz CT molecular complexity index is 683. The van der Waals surface area contributed by atoms with E-state index in [-0.39, 0.29) is 0 Å². The smallest absolute Gasteiger partial charge is 0.168 e. The Labute approximate surface area is 190 Å². The minimum Gasteiger partial charge on any atom is -0.497 e. The summed E-state index contributed by atoms with van der Waals surface area (Å²) in [4.78, 5) is 3.00. The van der Waals surface area contributed by atoms with Crippen molar-refractivity contribution in [1.29, 1.82) is 0 Å². The van der Waals surface area contributed by atoms with Crippen molar-refractivity contribution >= 4 is 0 Å². The van der Waals surface area contributed by atoms with Crippen molar-refractivity contribution in [2.24, 2.45) is 5.11 Å². The Morgan fingerprint density at radius 3 is 2.34 bits per heavy atom. The van der Waals surface area contributed by atoms with E-state index in [1.54, 1.807) is 7.11 Å². The van der Waals surface area contributed by atoms with Gasteiger partial charge in [0.15, 0.2) is 6.29 Å². The van der Waals surface area contributed by atoms with Crippen LogP contribution >= 0.6 is 0 Å². The van der Waals surface area contributed by atoms with Crippen molar-refractivity contribution in [2.75, 3.05) is 34.0 Å². The SMILES string of the molecule is CCCCOCC1O[C@H](OC)C(N=[N+]=[N-])C(OCCCC)[C@@H]1OCc1ccc(OC)cc1. The van der Waals surface area contributed by atoms with E-state index in [4.69, 9.17) is 34.0 Å². The lowest BCUT2D eigenvalue weighted by Gasteiger charge is -2.44. The van der Waals surface area contributed by atoms with Crippen LogP contribution < -0.4 is 4.74 Å². The molecule has 0 radical (unpaired) electrons. The number of nitrogens with zero attached hydrogens (tertiary/aromatic N) is 3. The lowest BCUT2D eigenvalue weighted by molar-refractivity contribution is -0.278. The summed E-state index contributed by atoms with van der Waals surface area (Å²) in [6.45, 7) is 6.06. The lowest BCUT2D eigenvalue weighted by atomic mass is 9.96. The van der Waals surface area contributed by atoms with E-state index in [9.17, 15) is 0 Å². The van der Waals surface area contributed by atoms with Gasteiger partial charge in [-0.1, -0.05) is 43.9 Å². The van der Waals surface area contributed by atoms with E-state index in [1.165, 1.54) is 7.11 Å². The summed E-state index contributed by atoms with van der Waals surface area (Å²) in [5.41, 5.74) is 10.1. The summed E-state index contributed by atoms with van der Waals surface area (Å²) < 4.78 is 35.2. The van der Waals surface area contributed by atoms with Gasteiger partial charge in [-0.25, -0.2) is 0 Å². The number of hydrogen-bond acceptors (Lipinski definition) is 7. The van der Waals surface area contributed by atoms with E-state index < -0.39 is 30.6 Å². The quantitative estimate of drug-likeness (QED) is 0.167. The molecule has 5 atom stereocenters. The van der Waals surface area contributed by atoms with Gasteiger partial charge in [0.2, 0.25) is 0 Å². The van der Waals surface area contributed by atoms with E-state index in [1.807, 2.05) is 24.3 Å². The van der Waals surface area contributed by atoms with Crippen LogP contribution in [-0.4, -0.2) is 64.7 Å². The average Bonchev–Trinajstić information content (AvgIpc) is 2.82. The number of azide groups is 1. The molecule has 180 valence electrons. The van der Waals surface area contributed by atoms with Crippen LogP contribution in [0.5, 0.6) is 5.75 Å². The number of rotatable bonds is 15. The molecule has 3 unspecified atom stereocenters. The van der Waals surface area contributed by atoms with E-state index in [0.717, 1.165) is 37.0 Å². The molecule has 1 fully saturated rings. The minimum atomic E-state index is -0.738. The van der Waals surface area contributed by atoms with Crippen molar-refractivity contribution in [3.05, 3.63) is 40.3 Å². The van der Waals surface area contributed by atoms with Crippen LogP contribution in [0.15, 0.2) is 29.4 Å². The maximum atomic E-state index is 9.15. The predicted molar refractivity (Wildman–Crippen MR) is 121 cm³/mol. The first kappa shape index (κ1) is 26.4. The molecule has 9 heteroatoms. The summed E-state index contributed by atoms with van der Waals surface area (Å²) in [5.74, 6) is 0.782. The van der Waals surface area contributed by atoms with Crippen molar-refractivity contribution < 1.29 is 28.4 Å². The van der Waals surface area contributed by atoms with Gasteiger partial charge in [0.1, 0.15) is 24.0 Å². The molecule has 1 heterocycles. The van der Waals surface area contributed by atoms with Crippen molar-refractivity contribution in [2.45, 2.75) is 76.8 Å². The number of hydrogen-bond donors (Lipinski definition) is 0. The van der Waals surface area contributed by atoms with Crippen molar-refractivity contribution in [3.8, 4) is 5.75 Å². The second-order valence-electron chi connectivity index (χ2n) is 7.72. The van der Waals surface area contributed by atoms with Gasteiger partial charge in [-0.05, 0) is 36.1 Å². The Balaban J connectivity index is 2.21. The Morgan fingerprint density at radius 2 is 1.72 bits per heavy atom. The van der Waals surface area contributed by atoms with Crippen LogP contribution in [-0.2, 0) is 30.3 Å². The minimum absolute atomic E-state index is 0.337. The second-order valence-corrected chi connectivity index (χ2v) is 7.72. The fraction of sp³-hybridized carbons (Fsp3) is 0.739. The highest BCUT2D eigenvalue weighted by atomic mass is 16.7. The first-order valence-corrected chi connectivity index (χ1v) is 11.3. The Kier molecular flexibility index (Phi) is 12.4. The molecule has 2 rings (SSSR count). The molecule has 0 spiro atoms. The maximum Gasteiger partial charge on any atom is 0.168 e. The van der Waals surface area contributed by atoms with E-state index in [2.05, 4.69) is 23.9 Å². The second kappa shape index (κ2) is 15.1. The summed E-state index contributed by atoms with van der Waals surface area (Å²) in [7, 11) is 3.16. The molecule has 1 aromatic carbocycles. The molecule has 1 saturated heterocycles. The van der Waals surface area contributed by atoms with Crippen molar-refractivity contribution in [1.82, 2.24) is 0 Å². The van der Waals surface area contributed by atoms with Gasteiger partial charge in [-0.2, -0.15) is 0 Å². The van der Waals surface area contributed by atoms with Gasteiger partial charge in [0.25, 0.3) is 0 Å². The largest absolute Gasteiger partial charge is 0.497 e. The molecule has 1 aliphatic heterocycles. The molecule has 1 aromatic rings. The number of methoxy groups -OCH3 is 2. The molecule has 0 N–H and O–H groups in total. The summed E-state index contributed by atoms with van der Waals surface area (Å²) in [6, 6.07) is 7.01. The van der Waals surface area contributed by atoms with Crippen LogP contribution in [0.1, 0.15) is 45.1 Å². The number of ether oxygens (including phenoxy) is 6. The Morgan fingerprint density at radius 1 is 1.00 bits per heavy atom. The fourth-order valence-electron chi connectivity index (χ4n) is 3.52. The Hall–Kier alpha value is -1.87. The van der Waals surface area contributed by atoms with Gasteiger partial charge in [-0.15, -0.1) is 0 Å². The van der Waals surface area contributed by atoms with Crippen LogP contribution in [0.2, 0.25) is 0 Å². The van der Waals surface area contributed by atoms with Crippen LogP contribution in [0.25, 0.3) is 10.4 Å². The summed E-state index contributed by atoms with van der Waals surface area (Å²) in [6.07, 6.45) is 1.72. The third kappa shape index (κ3) is 7.92. The number of unbranched alkanes of at least 4 members (excludes halogenated alkanes) is 2. The lowest BCUT2D eigenvalue weighted by Crippen LogP contribution is -2.60. The number of benzene rings is 1. The first-order valence-electron chi connectivity index (χ1n) is 11.3. The molecular formula is C23H37N3O6. The summed E-state index contributed by atoms with van der Waals surface area (Å²) >= 11 is 0.